The molecule has 0 fully saturated rings. The summed E-state index contributed by atoms with van der Waals surface area (Å²) in [4.78, 5) is 11.7. The number of hydrogen-bond acceptors (Lipinski definition) is 4. The fourth-order valence-electron chi connectivity index (χ4n) is 4.81. The maximum atomic E-state index is 14.8. The van der Waals surface area contributed by atoms with Crippen molar-refractivity contribution in [3.8, 4) is 22.6 Å². The predicted octanol–water partition coefficient (Wildman–Crippen LogP) is 6.97. The number of benzene rings is 3. The molecule has 0 saturated heterocycles. The highest BCUT2D eigenvalue weighted by Crippen LogP contribution is 2.39. The first-order valence-corrected chi connectivity index (χ1v) is 12.0. The Balaban J connectivity index is 1.55. The van der Waals surface area contributed by atoms with E-state index in [0.717, 1.165) is 35.3 Å². The van der Waals surface area contributed by atoms with Gasteiger partial charge in [-0.2, -0.15) is 0 Å². The van der Waals surface area contributed by atoms with Crippen LogP contribution in [0.5, 0.6) is 11.5 Å². The number of aryl methyl sites for hydroxylation is 1. The van der Waals surface area contributed by atoms with E-state index in [4.69, 9.17) is 14.2 Å². The molecule has 35 heavy (non-hydrogen) atoms. The highest BCUT2D eigenvalue weighted by molar-refractivity contribution is 5.71. The number of rotatable bonds is 7. The summed E-state index contributed by atoms with van der Waals surface area (Å²) in [6.45, 7) is 6.79. The molecule has 0 bridgehead atoms. The maximum Gasteiger partial charge on any atom is 0.306 e. The van der Waals surface area contributed by atoms with E-state index in [9.17, 15) is 9.18 Å². The standard InChI is InChI=1S/C30H33FO4/c1-30(2,3)27-14-19(6-11-25(27)26-17-22(33-4)10-13-28(26)31)18-35-23-9-12-24-20(15-23)7-8-21(24)16-29(32)34-5/h6,9-15,17,21H,7-8,16,18H2,1-5H3/t21-/m0/s1. The Morgan fingerprint density at radius 3 is 2.46 bits per heavy atom. The second kappa shape index (κ2) is 10.1. The molecule has 3 aromatic rings. The Kier molecular flexibility index (Phi) is 7.15. The Morgan fingerprint density at radius 1 is 0.971 bits per heavy atom. The van der Waals surface area contributed by atoms with E-state index >= 15 is 0 Å². The molecule has 0 saturated carbocycles. The fourth-order valence-corrected chi connectivity index (χ4v) is 4.81. The minimum Gasteiger partial charge on any atom is -0.497 e. The summed E-state index contributed by atoms with van der Waals surface area (Å²) in [5.74, 6) is 1.20. The first kappa shape index (κ1) is 24.8. The van der Waals surface area contributed by atoms with Gasteiger partial charge in [-0.3, -0.25) is 4.79 Å². The zero-order chi connectivity index (χ0) is 25.2. The zero-order valence-corrected chi connectivity index (χ0v) is 21.1. The summed E-state index contributed by atoms with van der Waals surface area (Å²) in [5, 5.41) is 0. The third-order valence-electron chi connectivity index (χ3n) is 6.72. The Labute approximate surface area is 207 Å². The summed E-state index contributed by atoms with van der Waals surface area (Å²) >= 11 is 0. The number of carbonyl (C=O) groups excluding carboxylic acids is 1. The third-order valence-corrected chi connectivity index (χ3v) is 6.72. The van der Waals surface area contributed by atoms with E-state index in [1.54, 1.807) is 19.2 Å². The molecule has 1 atom stereocenters. The SMILES string of the molecule is COC(=O)C[C@@H]1CCc2cc(OCc3ccc(-c4cc(OC)ccc4F)c(C(C)(C)C)c3)ccc21. The quantitative estimate of drug-likeness (QED) is 0.346. The topological polar surface area (TPSA) is 44.8 Å². The Bertz CT molecular complexity index is 1230. The van der Waals surface area contributed by atoms with Gasteiger partial charge in [0, 0.05) is 5.56 Å². The van der Waals surface area contributed by atoms with Gasteiger partial charge in [0.2, 0.25) is 0 Å². The lowest BCUT2D eigenvalue weighted by Crippen LogP contribution is -2.14. The van der Waals surface area contributed by atoms with Gasteiger partial charge in [0.05, 0.1) is 20.6 Å². The molecule has 0 heterocycles. The Morgan fingerprint density at radius 2 is 1.74 bits per heavy atom. The van der Waals surface area contributed by atoms with Crippen LogP contribution in [0.4, 0.5) is 4.39 Å². The lowest BCUT2D eigenvalue weighted by atomic mass is 9.81. The zero-order valence-electron chi connectivity index (χ0n) is 21.1. The van der Waals surface area contributed by atoms with Gasteiger partial charge in [0.25, 0.3) is 0 Å². The molecule has 4 nitrogen and oxygen atoms in total. The largest absolute Gasteiger partial charge is 0.497 e. The molecule has 0 radical (unpaired) electrons. The van der Waals surface area contributed by atoms with Crippen LogP contribution < -0.4 is 9.47 Å². The van der Waals surface area contributed by atoms with Gasteiger partial charge >= 0.3 is 5.97 Å². The van der Waals surface area contributed by atoms with Crippen LogP contribution in [0, 0.1) is 5.82 Å². The number of ether oxygens (including phenoxy) is 3. The van der Waals surface area contributed by atoms with Crippen LogP contribution in [0.15, 0.2) is 54.6 Å². The monoisotopic (exact) mass is 476 g/mol. The predicted molar refractivity (Wildman–Crippen MR) is 136 cm³/mol. The molecule has 0 unspecified atom stereocenters. The van der Waals surface area contributed by atoms with E-state index < -0.39 is 0 Å². The van der Waals surface area contributed by atoms with Crippen molar-refractivity contribution >= 4 is 5.97 Å². The van der Waals surface area contributed by atoms with E-state index in [2.05, 4.69) is 39.0 Å². The molecule has 0 N–H and O–H groups in total. The van der Waals surface area contributed by atoms with Crippen molar-refractivity contribution in [1.29, 1.82) is 0 Å². The maximum absolute atomic E-state index is 14.8. The highest BCUT2D eigenvalue weighted by atomic mass is 19.1. The first-order chi connectivity index (χ1) is 16.7. The number of methoxy groups -OCH3 is 2. The number of carbonyl (C=O) groups is 1. The third kappa shape index (κ3) is 5.50. The van der Waals surface area contributed by atoms with Crippen LogP contribution in [0.2, 0.25) is 0 Å². The molecule has 0 aromatic heterocycles. The molecule has 5 heteroatoms. The molecule has 1 aliphatic carbocycles. The second-order valence-corrected chi connectivity index (χ2v) is 10.1. The summed E-state index contributed by atoms with van der Waals surface area (Å²) in [7, 11) is 3.01. The van der Waals surface area contributed by atoms with Crippen LogP contribution in [0.3, 0.4) is 0 Å². The van der Waals surface area contributed by atoms with Crippen molar-refractivity contribution in [1.82, 2.24) is 0 Å². The van der Waals surface area contributed by atoms with Gasteiger partial charge in [-0.05, 0) is 82.3 Å². The minimum absolute atomic E-state index is 0.171. The van der Waals surface area contributed by atoms with Crippen molar-refractivity contribution < 1.29 is 23.4 Å². The molecular weight excluding hydrogens is 443 g/mol. The van der Waals surface area contributed by atoms with Gasteiger partial charge in [0.15, 0.2) is 0 Å². The summed E-state index contributed by atoms with van der Waals surface area (Å²) in [5.41, 5.74) is 5.70. The van der Waals surface area contributed by atoms with Crippen molar-refractivity contribution in [2.45, 2.75) is 58.0 Å². The van der Waals surface area contributed by atoms with Crippen LogP contribution >= 0.6 is 0 Å². The average Bonchev–Trinajstić information content (AvgIpc) is 3.24. The first-order valence-electron chi connectivity index (χ1n) is 12.0. The van der Waals surface area contributed by atoms with Gasteiger partial charge in [-0.1, -0.05) is 45.0 Å². The van der Waals surface area contributed by atoms with Crippen LogP contribution in [-0.2, 0) is 28.0 Å². The van der Waals surface area contributed by atoms with Gasteiger partial charge in [0.1, 0.15) is 23.9 Å². The molecule has 4 rings (SSSR count). The normalized spacial score (nSPS) is 15.0. The number of halogens is 1. The van der Waals surface area contributed by atoms with Gasteiger partial charge in [-0.15, -0.1) is 0 Å². The van der Waals surface area contributed by atoms with Crippen molar-refractivity contribution in [2.75, 3.05) is 14.2 Å². The molecule has 0 aliphatic heterocycles. The second-order valence-electron chi connectivity index (χ2n) is 10.1. The highest BCUT2D eigenvalue weighted by Gasteiger charge is 2.26. The Hall–Kier alpha value is -3.34. The van der Waals surface area contributed by atoms with E-state index in [1.807, 2.05) is 18.2 Å². The van der Waals surface area contributed by atoms with E-state index in [1.165, 1.54) is 24.3 Å². The van der Waals surface area contributed by atoms with Crippen LogP contribution in [0.1, 0.15) is 61.8 Å². The molecule has 0 amide bonds. The summed E-state index contributed by atoms with van der Waals surface area (Å²) < 4.78 is 31.1. The van der Waals surface area contributed by atoms with Gasteiger partial charge in [-0.25, -0.2) is 4.39 Å². The molecule has 1 aliphatic rings. The smallest absolute Gasteiger partial charge is 0.306 e. The molecule has 0 spiro atoms. The summed E-state index contributed by atoms with van der Waals surface area (Å²) in [6.07, 6.45) is 2.30. The molecular formula is C30H33FO4. The number of hydrogen-bond donors (Lipinski definition) is 0. The number of fused-ring (bicyclic) bond motifs is 1. The summed E-state index contributed by atoms with van der Waals surface area (Å²) in [6, 6.07) is 17.0. The van der Waals surface area contributed by atoms with E-state index in [-0.39, 0.29) is 23.1 Å². The lowest BCUT2D eigenvalue weighted by Gasteiger charge is -2.24. The van der Waals surface area contributed by atoms with Crippen molar-refractivity contribution in [3.63, 3.8) is 0 Å². The fraction of sp³-hybridized carbons (Fsp3) is 0.367. The average molecular weight is 477 g/mol. The van der Waals surface area contributed by atoms with Crippen molar-refractivity contribution in [3.05, 3.63) is 82.7 Å². The number of esters is 1. The van der Waals surface area contributed by atoms with Crippen LogP contribution in [0.25, 0.3) is 11.1 Å². The minimum atomic E-state index is -0.274. The van der Waals surface area contributed by atoms with Crippen LogP contribution in [-0.4, -0.2) is 20.2 Å². The molecule has 184 valence electrons. The van der Waals surface area contributed by atoms with Crippen molar-refractivity contribution in [2.24, 2.45) is 0 Å². The van der Waals surface area contributed by atoms with E-state index in [0.29, 0.717) is 24.3 Å². The van der Waals surface area contributed by atoms with Gasteiger partial charge < -0.3 is 14.2 Å². The lowest BCUT2D eigenvalue weighted by molar-refractivity contribution is -0.141. The molecule has 3 aromatic carbocycles.